The van der Waals surface area contributed by atoms with Gasteiger partial charge < -0.3 is 0 Å². The summed E-state index contributed by atoms with van der Waals surface area (Å²) in [4.78, 5) is 10.7. The summed E-state index contributed by atoms with van der Waals surface area (Å²) in [7, 11) is 0. The van der Waals surface area contributed by atoms with Crippen LogP contribution in [0.1, 0.15) is 71.6 Å². The summed E-state index contributed by atoms with van der Waals surface area (Å²) in [6, 6.07) is 0. The Morgan fingerprint density at radius 2 is 1.50 bits per heavy atom. The van der Waals surface area contributed by atoms with Crippen LogP contribution in [0.25, 0.3) is 0 Å². The molecule has 0 aromatic carbocycles. The molecule has 3 heteroatoms. The SMILES string of the molecule is CC(C)CCCCCCCCCC(=O)NO. The zero-order chi connectivity index (χ0) is 12.2. The fourth-order valence-electron chi connectivity index (χ4n) is 1.78. The Morgan fingerprint density at radius 1 is 1.00 bits per heavy atom. The molecule has 0 bridgehead atoms. The van der Waals surface area contributed by atoms with E-state index in [1.54, 1.807) is 5.48 Å². The topological polar surface area (TPSA) is 49.3 Å². The summed E-state index contributed by atoms with van der Waals surface area (Å²) < 4.78 is 0. The van der Waals surface area contributed by atoms with Gasteiger partial charge in [0.25, 0.3) is 0 Å². The molecule has 0 spiro atoms. The van der Waals surface area contributed by atoms with E-state index in [0.29, 0.717) is 6.42 Å². The van der Waals surface area contributed by atoms with Crippen molar-refractivity contribution >= 4 is 5.91 Å². The average molecular weight is 229 g/mol. The van der Waals surface area contributed by atoms with Gasteiger partial charge in [0.15, 0.2) is 0 Å². The second-order valence-corrected chi connectivity index (χ2v) is 4.94. The summed E-state index contributed by atoms with van der Waals surface area (Å²) in [5.74, 6) is 0.564. The fraction of sp³-hybridized carbons (Fsp3) is 0.923. The van der Waals surface area contributed by atoms with Crippen molar-refractivity contribution in [3.8, 4) is 0 Å². The van der Waals surface area contributed by atoms with Crippen LogP contribution in [0.3, 0.4) is 0 Å². The molecule has 0 aromatic heterocycles. The van der Waals surface area contributed by atoms with Crippen molar-refractivity contribution in [2.75, 3.05) is 0 Å². The van der Waals surface area contributed by atoms with Crippen LogP contribution >= 0.6 is 0 Å². The summed E-state index contributed by atoms with van der Waals surface area (Å²) in [5.41, 5.74) is 1.66. The molecule has 0 atom stereocenters. The van der Waals surface area contributed by atoms with Gasteiger partial charge in [-0.25, -0.2) is 5.48 Å². The first-order chi connectivity index (χ1) is 7.66. The van der Waals surface area contributed by atoms with Crippen molar-refractivity contribution < 1.29 is 10.0 Å². The van der Waals surface area contributed by atoms with Crippen LogP contribution in [0, 0.1) is 5.92 Å². The molecule has 0 radical (unpaired) electrons. The number of rotatable bonds is 10. The lowest BCUT2D eigenvalue weighted by Crippen LogP contribution is -2.17. The Kier molecular flexibility index (Phi) is 10.5. The number of carbonyl (C=O) groups excluding carboxylic acids is 1. The monoisotopic (exact) mass is 229 g/mol. The van der Waals surface area contributed by atoms with Gasteiger partial charge in [-0.2, -0.15) is 0 Å². The van der Waals surface area contributed by atoms with Crippen molar-refractivity contribution in [3.05, 3.63) is 0 Å². The van der Waals surface area contributed by atoms with E-state index >= 15 is 0 Å². The van der Waals surface area contributed by atoms with Gasteiger partial charge >= 0.3 is 0 Å². The Hall–Kier alpha value is -0.570. The number of nitrogens with one attached hydrogen (secondary N) is 1. The molecule has 1 amide bonds. The second-order valence-electron chi connectivity index (χ2n) is 4.94. The average Bonchev–Trinajstić information content (AvgIpc) is 2.26. The van der Waals surface area contributed by atoms with Crippen LogP contribution in [0.5, 0.6) is 0 Å². The van der Waals surface area contributed by atoms with Crippen molar-refractivity contribution in [1.29, 1.82) is 0 Å². The maximum atomic E-state index is 10.7. The minimum atomic E-state index is -0.267. The molecule has 0 fully saturated rings. The highest BCUT2D eigenvalue weighted by Gasteiger charge is 1.98. The molecule has 16 heavy (non-hydrogen) atoms. The van der Waals surface area contributed by atoms with E-state index in [2.05, 4.69) is 13.8 Å². The number of amides is 1. The van der Waals surface area contributed by atoms with Gasteiger partial charge in [0.1, 0.15) is 0 Å². The lowest BCUT2D eigenvalue weighted by molar-refractivity contribution is -0.129. The van der Waals surface area contributed by atoms with Gasteiger partial charge in [-0.3, -0.25) is 10.0 Å². The van der Waals surface area contributed by atoms with Crippen molar-refractivity contribution in [2.24, 2.45) is 5.92 Å². The highest BCUT2D eigenvalue weighted by molar-refractivity contribution is 5.74. The molecule has 0 unspecified atom stereocenters. The number of hydrogen-bond acceptors (Lipinski definition) is 2. The van der Waals surface area contributed by atoms with E-state index in [4.69, 9.17) is 5.21 Å². The predicted octanol–water partition coefficient (Wildman–Crippen LogP) is 3.66. The Labute approximate surface area is 99.6 Å². The standard InChI is InChI=1S/C13H27NO2/c1-12(2)10-8-6-4-3-5-7-9-11-13(15)14-16/h12,16H,3-11H2,1-2H3,(H,14,15). The lowest BCUT2D eigenvalue weighted by atomic mass is 10.0. The molecule has 0 aliphatic carbocycles. The van der Waals surface area contributed by atoms with E-state index in [0.717, 1.165) is 18.8 Å². The molecule has 0 aromatic rings. The summed E-state index contributed by atoms with van der Waals surface area (Å²) in [6.45, 7) is 4.54. The quantitative estimate of drug-likeness (QED) is 0.341. The van der Waals surface area contributed by atoms with Crippen molar-refractivity contribution in [3.63, 3.8) is 0 Å². The van der Waals surface area contributed by atoms with E-state index in [1.165, 1.54) is 38.5 Å². The molecular formula is C13H27NO2. The van der Waals surface area contributed by atoms with Crippen LogP contribution in [-0.4, -0.2) is 11.1 Å². The smallest absolute Gasteiger partial charge is 0.243 e. The zero-order valence-corrected chi connectivity index (χ0v) is 10.8. The summed E-state index contributed by atoms with van der Waals surface area (Å²) in [6.07, 6.45) is 10.3. The van der Waals surface area contributed by atoms with Gasteiger partial charge in [-0.15, -0.1) is 0 Å². The van der Waals surface area contributed by atoms with Crippen molar-refractivity contribution in [1.82, 2.24) is 5.48 Å². The third-order valence-corrected chi connectivity index (χ3v) is 2.81. The summed E-state index contributed by atoms with van der Waals surface area (Å²) in [5, 5.41) is 8.28. The lowest BCUT2D eigenvalue weighted by Gasteiger charge is -2.04. The first-order valence-electron chi connectivity index (χ1n) is 6.59. The molecule has 0 saturated heterocycles. The number of unbranched alkanes of at least 4 members (excludes halogenated alkanes) is 6. The number of hydrogen-bond donors (Lipinski definition) is 2. The van der Waals surface area contributed by atoms with Gasteiger partial charge in [0.2, 0.25) is 5.91 Å². The first kappa shape index (κ1) is 15.4. The molecule has 0 heterocycles. The first-order valence-corrected chi connectivity index (χ1v) is 6.59. The Balaban J connectivity index is 3.01. The van der Waals surface area contributed by atoms with Crippen LogP contribution in [0.15, 0.2) is 0 Å². The molecule has 2 N–H and O–H groups in total. The molecular weight excluding hydrogens is 202 g/mol. The van der Waals surface area contributed by atoms with Crippen LogP contribution in [-0.2, 0) is 4.79 Å². The third-order valence-electron chi connectivity index (χ3n) is 2.81. The van der Waals surface area contributed by atoms with Gasteiger partial charge in [-0.05, 0) is 12.3 Å². The summed E-state index contributed by atoms with van der Waals surface area (Å²) >= 11 is 0. The number of hydroxylamine groups is 1. The molecule has 0 aliphatic rings. The molecule has 96 valence electrons. The predicted molar refractivity (Wildman–Crippen MR) is 66.3 cm³/mol. The van der Waals surface area contributed by atoms with Gasteiger partial charge in [0.05, 0.1) is 0 Å². The maximum Gasteiger partial charge on any atom is 0.243 e. The minimum absolute atomic E-state index is 0.267. The van der Waals surface area contributed by atoms with Gasteiger partial charge in [0, 0.05) is 6.42 Å². The molecule has 0 rings (SSSR count). The van der Waals surface area contributed by atoms with E-state index in [1.807, 2.05) is 0 Å². The van der Waals surface area contributed by atoms with E-state index < -0.39 is 0 Å². The third kappa shape index (κ3) is 11.5. The zero-order valence-electron chi connectivity index (χ0n) is 10.8. The van der Waals surface area contributed by atoms with Crippen LogP contribution in [0.4, 0.5) is 0 Å². The van der Waals surface area contributed by atoms with E-state index in [-0.39, 0.29) is 5.91 Å². The van der Waals surface area contributed by atoms with Crippen LogP contribution in [0.2, 0.25) is 0 Å². The molecule has 0 saturated carbocycles. The van der Waals surface area contributed by atoms with E-state index in [9.17, 15) is 4.79 Å². The highest BCUT2D eigenvalue weighted by atomic mass is 16.5. The largest absolute Gasteiger partial charge is 0.289 e. The Bertz CT molecular complexity index is 169. The van der Waals surface area contributed by atoms with Crippen molar-refractivity contribution in [2.45, 2.75) is 71.6 Å². The minimum Gasteiger partial charge on any atom is -0.289 e. The molecule has 3 nitrogen and oxygen atoms in total. The fourth-order valence-corrected chi connectivity index (χ4v) is 1.78. The Morgan fingerprint density at radius 3 is 2.00 bits per heavy atom. The second kappa shape index (κ2) is 10.9. The number of carbonyl (C=O) groups is 1. The molecule has 0 aliphatic heterocycles. The normalized spacial score (nSPS) is 10.8. The van der Waals surface area contributed by atoms with Crippen LogP contribution < -0.4 is 5.48 Å². The van der Waals surface area contributed by atoms with Gasteiger partial charge in [-0.1, -0.05) is 58.8 Å². The highest BCUT2D eigenvalue weighted by Crippen LogP contribution is 2.12. The maximum absolute atomic E-state index is 10.7.